The van der Waals surface area contributed by atoms with E-state index in [4.69, 9.17) is 4.74 Å². The van der Waals surface area contributed by atoms with E-state index in [0.717, 1.165) is 5.75 Å². The molecular formula is C14H14N2O. The maximum absolute atomic E-state index is 5.58. The lowest BCUT2D eigenvalue weighted by molar-refractivity contribution is 0.552. The van der Waals surface area contributed by atoms with Crippen molar-refractivity contribution < 1.29 is 4.74 Å². The Morgan fingerprint density at radius 3 is 2.65 bits per heavy atom. The number of benzene rings is 1. The lowest BCUT2D eigenvalue weighted by atomic mass is 10.0. The highest BCUT2D eigenvalue weighted by Gasteiger charge is 2.02. The summed E-state index contributed by atoms with van der Waals surface area (Å²) >= 11 is 0. The van der Waals surface area contributed by atoms with Gasteiger partial charge < -0.3 is 4.74 Å². The van der Waals surface area contributed by atoms with Crippen LogP contribution in [-0.4, -0.2) is 11.8 Å². The summed E-state index contributed by atoms with van der Waals surface area (Å²) in [6, 6.07) is 7.99. The molecule has 0 saturated carbocycles. The Balaban J connectivity index is 2.09. The molecule has 1 aliphatic heterocycles. The van der Waals surface area contributed by atoms with E-state index in [1.54, 1.807) is 18.2 Å². The van der Waals surface area contributed by atoms with Gasteiger partial charge in [0.15, 0.2) is 0 Å². The van der Waals surface area contributed by atoms with Crippen LogP contribution in [0.5, 0.6) is 5.75 Å². The predicted octanol–water partition coefficient (Wildman–Crippen LogP) is 3.30. The van der Waals surface area contributed by atoms with E-state index in [1.807, 2.05) is 12.1 Å². The van der Waals surface area contributed by atoms with Gasteiger partial charge in [-0.3, -0.25) is 0 Å². The van der Waals surface area contributed by atoms with Crippen molar-refractivity contribution in [1.82, 2.24) is 0 Å². The molecule has 0 atom stereocenters. The highest BCUT2D eigenvalue weighted by Crippen LogP contribution is 2.18. The number of hydrogen-bond donors (Lipinski definition) is 0. The van der Waals surface area contributed by atoms with Crippen molar-refractivity contribution in [2.45, 2.75) is 19.8 Å². The van der Waals surface area contributed by atoms with E-state index in [-0.39, 0.29) is 0 Å². The molecule has 0 bridgehead atoms. The first-order chi connectivity index (χ1) is 8.25. The number of ether oxygens (including phenoxy) is 1. The van der Waals surface area contributed by atoms with Gasteiger partial charge in [0, 0.05) is 18.0 Å². The van der Waals surface area contributed by atoms with Crippen molar-refractivity contribution in [3.63, 3.8) is 0 Å². The van der Waals surface area contributed by atoms with E-state index in [9.17, 15) is 0 Å². The first-order valence-corrected chi connectivity index (χ1v) is 5.56. The third-order valence-electron chi connectivity index (χ3n) is 2.39. The van der Waals surface area contributed by atoms with Gasteiger partial charge in [-0.15, -0.1) is 10.2 Å². The highest BCUT2D eigenvalue weighted by molar-refractivity contribution is 5.90. The normalized spacial score (nSPS) is 13.7. The standard InChI is InChI=1S/C14H14N2O/c1-11(2)12-6-8-13(9-7-12)17-14-5-3-4-10-15-16-14/h3-9,11H,1-2H3. The van der Waals surface area contributed by atoms with Crippen LogP contribution in [-0.2, 0) is 0 Å². The van der Waals surface area contributed by atoms with E-state index in [1.165, 1.54) is 5.56 Å². The van der Waals surface area contributed by atoms with Gasteiger partial charge in [0.05, 0.1) is 0 Å². The van der Waals surface area contributed by atoms with Gasteiger partial charge in [0.1, 0.15) is 5.75 Å². The number of rotatable bonds is 2. The molecular weight excluding hydrogens is 212 g/mol. The maximum Gasteiger partial charge on any atom is 0.239 e. The monoisotopic (exact) mass is 226 g/mol. The summed E-state index contributed by atoms with van der Waals surface area (Å²) in [4.78, 5) is 0. The number of allylic oxidation sites excluding steroid dienone is 2. The van der Waals surface area contributed by atoms with Gasteiger partial charge in [-0.05, 0) is 29.7 Å². The Hall–Kier alpha value is -2.12. The molecule has 0 saturated heterocycles. The minimum Gasteiger partial charge on any atom is -0.437 e. The summed E-state index contributed by atoms with van der Waals surface area (Å²) in [6.07, 6.45) is 5.22. The lowest BCUT2D eigenvalue weighted by Crippen LogP contribution is -2.04. The molecule has 1 aliphatic rings. The largest absolute Gasteiger partial charge is 0.437 e. The van der Waals surface area contributed by atoms with Crippen molar-refractivity contribution in [3.8, 4) is 5.75 Å². The first kappa shape index (κ1) is 11.4. The van der Waals surface area contributed by atoms with E-state index in [0.29, 0.717) is 11.8 Å². The van der Waals surface area contributed by atoms with Crippen LogP contribution in [0.1, 0.15) is 25.3 Å². The third kappa shape index (κ3) is 3.16. The molecule has 0 N–H and O–H groups in total. The molecule has 3 heteroatoms. The van der Waals surface area contributed by atoms with Crippen LogP contribution in [0.15, 0.2) is 52.7 Å². The summed E-state index contributed by atoms with van der Waals surface area (Å²) < 4.78 is 5.58. The summed E-state index contributed by atoms with van der Waals surface area (Å²) in [5, 5.41) is 7.56. The minimum absolute atomic E-state index is 0.462. The molecule has 0 aromatic heterocycles. The fourth-order valence-corrected chi connectivity index (χ4v) is 1.41. The average Bonchev–Trinajstić information content (AvgIpc) is 2.58. The van der Waals surface area contributed by atoms with Crippen molar-refractivity contribution >= 4 is 11.8 Å². The van der Waals surface area contributed by atoms with Gasteiger partial charge in [-0.1, -0.05) is 26.0 Å². The lowest BCUT2D eigenvalue weighted by Gasteiger charge is -2.07. The number of nitrogens with zero attached hydrogens (tertiary/aromatic N) is 2. The maximum atomic E-state index is 5.58. The molecule has 2 rings (SSSR count). The molecule has 0 radical (unpaired) electrons. The van der Waals surface area contributed by atoms with Crippen LogP contribution in [0.2, 0.25) is 0 Å². The number of hydrogen-bond acceptors (Lipinski definition) is 3. The molecule has 0 amide bonds. The fourth-order valence-electron chi connectivity index (χ4n) is 1.41. The molecule has 3 nitrogen and oxygen atoms in total. The van der Waals surface area contributed by atoms with Gasteiger partial charge in [0.25, 0.3) is 0 Å². The summed E-state index contributed by atoms with van der Waals surface area (Å²) in [6.45, 7) is 4.32. The SMILES string of the molecule is CC(C)c1ccc(OC2=NN=C=CC=C2)cc1. The molecule has 0 aliphatic carbocycles. The zero-order valence-corrected chi connectivity index (χ0v) is 9.92. The summed E-state index contributed by atoms with van der Waals surface area (Å²) in [5.41, 5.74) is 1.29. The first-order valence-electron chi connectivity index (χ1n) is 5.56. The second kappa shape index (κ2) is 5.28. The zero-order valence-electron chi connectivity index (χ0n) is 9.92. The molecule has 0 spiro atoms. The minimum atomic E-state index is 0.462. The third-order valence-corrected chi connectivity index (χ3v) is 2.39. The Morgan fingerprint density at radius 2 is 1.94 bits per heavy atom. The second-order valence-corrected chi connectivity index (χ2v) is 4.02. The molecule has 0 unspecified atom stereocenters. The Bertz CT molecular complexity index is 504. The van der Waals surface area contributed by atoms with Crippen molar-refractivity contribution in [2.24, 2.45) is 10.2 Å². The van der Waals surface area contributed by atoms with Gasteiger partial charge in [-0.2, -0.15) is 0 Å². The van der Waals surface area contributed by atoms with Crippen LogP contribution >= 0.6 is 0 Å². The smallest absolute Gasteiger partial charge is 0.239 e. The van der Waals surface area contributed by atoms with Crippen LogP contribution in [0, 0.1) is 0 Å². The van der Waals surface area contributed by atoms with E-state index < -0.39 is 0 Å². The van der Waals surface area contributed by atoms with Crippen LogP contribution in [0.25, 0.3) is 0 Å². The Kier molecular flexibility index (Phi) is 3.53. The average molecular weight is 226 g/mol. The topological polar surface area (TPSA) is 34.0 Å². The highest BCUT2D eigenvalue weighted by atomic mass is 16.5. The van der Waals surface area contributed by atoms with Gasteiger partial charge >= 0.3 is 0 Å². The van der Waals surface area contributed by atoms with E-state index in [2.05, 4.69) is 42.1 Å². The molecule has 1 aromatic carbocycles. The molecule has 17 heavy (non-hydrogen) atoms. The van der Waals surface area contributed by atoms with Crippen LogP contribution < -0.4 is 4.74 Å². The quantitative estimate of drug-likeness (QED) is 0.761. The van der Waals surface area contributed by atoms with E-state index >= 15 is 0 Å². The fraction of sp³-hybridized carbons (Fsp3) is 0.214. The van der Waals surface area contributed by atoms with Crippen molar-refractivity contribution in [3.05, 3.63) is 48.1 Å². The van der Waals surface area contributed by atoms with Gasteiger partial charge in [-0.25, -0.2) is 0 Å². The molecule has 0 fully saturated rings. The molecule has 1 heterocycles. The summed E-state index contributed by atoms with van der Waals surface area (Å²) in [7, 11) is 0. The van der Waals surface area contributed by atoms with Crippen molar-refractivity contribution in [1.29, 1.82) is 0 Å². The van der Waals surface area contributed by atoms with Crippen molar-refractivity contribution in [2.75, 3.05) is 0 Å². The zero-order chi connectivity index (χ0) is 12.1. The van der Waals surface area contributed by atoms with Crippen LogP contribution in [0.3, 0.4) is 0 Å². The Labute approximate surface area is 101 Å². The van der Waals surface area contributed by atoms with Gasteiger partial charge in [0.2, 0.25) is 5.90 Å². The van der Waals surface area contributed by atoms with Crippen LogP contribution in [0.4, 0.5) is 0 Å². The molecule has 1 aromatic rings. The second-order valence-electron chi connectivity index (χ2n) is 4.02. The molecule has 86 valence electrons. The predicted molar refractivity (Wildman–Crippen MR) is 69.7 cm³/mol. The summed E-state index contributed by atoms with van der Waals surface area (Å²) in [5.74, 6) is 4.37. The Morgan fingerprint density at radius 1 is 1.18 bits per heavy atom.